The molecule has 0 fully saturated rings. The van der Waals surface area contributed by atoms with Crippen molar-refractivity contribution >= 4 is 5.97 Å². The van der Waals surface area contributed by atoms with E-state index in [1.807, 2.05) is 6.92 Å². The van der Waals surface area contributed by atoms with Gasteiger partial charge in [0.15, 0.2) is 5.75 Å². The van der Waals surface area contributed by atoms with Crippen molar-refractivity contribution in [3.63, 3.8) is 0 Å². The molecular formula is C13H15N3O3. The minimum atomic E-state index is -1.05. The molecule has 0 aliphatic rings. The number of carbonyl (C=O) groups is 1. The first-order chi connectivity index (χ1) is 9.01. The van der Waals surface area contributed by atoms with Crippen LogP contribution >= 0.6 is 0 Å². The van der Waals surface area contributed by atoms with Crippen LogP contribution in [0.1, 0.15) is 28.5 Å². The van der Waals surface area contributed by atoms with Gasteiger partial charge in [-0.25, -0.2) is 9.78 Å². The predicted octanol–water partition coefficient (Wildman–Crippen LogP) is 2.41. The van der Waals surface area contributed by atoms with E-state index >= 15 is 0 Å². The fourth-order valence-corrected chi connectivity index (χ4v) is 1.82. The largest absolute Gasteiger partial charge is 0.477 e. The van der Waals surface area contributed by atoms with Crippen molar-refractivity contribution in [3.05, 3.63) is 35.3 Å². The maximum atomic E-state index is 11.3. The van der Waals surface area contributed by atoms with Gasteiger partial charge in [0.1, 0.15) is 5.56 Å². The van der Waals surface area contributed by atoms with Gasteiger partial charge < -0.3 is 9.84 Å². The molecule has 0 aliphatic heterocycles. The van der Waals surface area contributed by atoms with Crippen LogP contribution in [0, 0.1) is 13.8 Å². The van der Waals surface area contributed by atoms with E-state index in [0.717, 1.165) is 6.54 Å². The Morgan fingerprint density at radius 1 is 1.47 bits per heavy atom. The molecule has 0 amide bonds. The van der Waals surface area contributed by atoms with E-state index in [-0.39, 0.29) is 11.4 Å². The molecule has 0 atom stereocenters. The van der Waals surface area contributed by atoms with Crippen molar-refractivity contribution in [3.8, 4) is 11.6 Å². The zero-order chi connectivity index (χ0) is 14.0. The van der Waals surface area contributed by atoms with Gasteiger partial charge in [0.05, 0.1) is 12.4 Å². The lowest BCUT2D eigenvalue weighted by atomic mass is 10.1. The molecule has 19 heavy (non-hydrogen) atoms. The molecule has 1 N–H and O–H groups in total. The highest BCUT2D eigenvalue weighted by molar-refractivity contribution is 5.92. The van der Waals surface area contributed by atoms with Crippen LogP contribution in [0.3, 0.4) is 0 Å². The molecule has 0 saturated heterocycles. The van der Waals surface area contributed by atoms with E-state index in [4.69, 9.17) is 4.74 Å². The second-order valence-corrected chi connectivity index (χ2v) is 4.20. The highest BCUT2D eigenvalue weighted by atomic mass is 16.5. The normalized spacial score (nSPS) is 10.5. The first-order valence-corrected chi connectivity index (χ1v) is 5.93. The molecule has 6 nitrogen and oxygen atoms in total. The summed E-state index contributed by atoms with van der Waals surface area (Å²) in [7, 11) is 0. The van der Waals surface area contributed by atoms with Crippen LogP contribution in [-0.4, -0.2) is 25.8 Å². The average Bonchev–Trinajstić information content (AvgIpc) is 2.75. The topological polar surface area (TPSA) is 77.2 Å². The number of rotatable bonds is 4. The molecule has 100 valence electrons. The second kappa shape index (κ2) is 5.09. The molecule has 0 spiro atoms. The van der Waals surface area contributed by atoms with E-state index in [2.05, 4.69) is 10.1 Å². The number of nitrogens with zero attached hydrogens (tertiary/aromatic N) is 3. The second-order valence-electron chi connectivity index (χ2n) is 4.20. The molecule has 2 rings (SSSR count). The SMILES string of the molecule is CCn1cc(Oc2nc(C)cc(C)c2C(=O)O)cn1. The summed E-state index contributed by atoms with van der Waals surface area (Å²) in [6.45, 7) is 6.19. The van der Waals surface area contributed by atoms with E-state index < -0.39 is 5.97 Å². The van der Waals surface area contributed by atoms with Crippen LogP contribution < -0.4 is 4.74 Å². The third-order valence-electron chi connectivity index (χ3n) is 2.67. The lowest BCUT2D eigenvalue weighted by molar-refractivity contribution is 0.0692. The summed E-state index contributed by atoms with van der Waals surface area (Å²) >= 11 is 0. The molecule has 6 heteroatoms. The zero-order valence-electron chi connectivity index (χ0n) is 11.0. The van der Waals surface area contributed by atoms with Crippen LogP contribution in [-0.2, 0) is 6.54 Å². The standard InChI is InChI=1S/C13H15N3O3/c1-4-16-7-10(6-14-16)19-12-11(13(17)18)8(2)5-9(3)15-12/h5-7H,4H2,1-3H3,(H,17,18). The lowest BCUT2D eigenvalue weighted by Crippen LogP contribution is -2.05. The molecule has 0 unspecified atom stereocenters. The van der Waals surface area contributed by atoms with Crippen LogP contribution in [0.2, 0.25) is 0 Å². The number of aromatic nitrogens is 3. The number of hydrogen-bond donors (Lipinski definition) is 1. The van der Waals surface area contributed by atoms with Crippen molar-refractivity contribution in [2.45, 2.75) is 27.3 Å². The number of hydrogen-bond acceptors (Lipinski definition) is 4. The van der Waals surface area contributed by atoms with Gasteiger partial charge >= 0.3 is 5.97 Å². The van der Waals surface area contributed by atoms with Crippen molar-refractivity contribution < 1.29 is 14.6 Å². The van der Waals surface area contributed by atoms with Gasteiger partial charge in [-0.05, 0) is 32.4 Å². The Morgan fingerprint density at radius 2 is 2.21 bits per heavy atom. The van der Waals surface area contributed by atoms with Crippen molar-refractivity contribution in [2.75, 3.05) is 0 Å². The number of pyridine rings is 1. The fourth-order valence-electron chi connectivity index (χ4n) is 1.82. The first kappa shape index (κ1) is 13.1. The molecule has 2 heterocycles. The van der Waals surface area contributed by atoms with Crippen molar-refractivity contribution in [2.24, 2.45) is 0 Å². The van der Waals surface area contributed by atoms with E-state index in [1.165, 1.54) is 6.20 Å². The Hall–Kier alpha value is -2.37. The van der Waals surface area contributed by atoms with Crippen LogP contribution in [0.5, 0.6) is 11.6 Å². The average molecular weight is 261 g/mol. The Labute approximate surface area is 110 Å². The molecule has 0 aliphatic carbocycles. The van der Waals surface area contributed by atoms with Crippen molar-refractivity contribution in [1.82, 2.24) is 14.8 Å². The summed E-state index contributed by atoms with van der Waals surface area (Å²) in [5, 5.41) is 13.3. The van der Waals surface area contributed by atoms with Gasteiger partial charge in [-0.2, -0.15) is 5.10 Å². The molecular weight excluding hydrogens is 246 g/mol. The quantitative estimate of drug-likeness (QED) is 0.914. The molecule has 0 radical (unpaired) electrons. The number of carboxylic acid groups (broad SMARTS) is 1. The summed E-state index contributed by atoms with van der Waals surface area (Å²) in [4.78, 5) is 15.4. The number of ether oxygens (including phenoxy) is 1. The Bertz CT molecular complexity index is 620. The summed E-state index contributed by atoms with van der Waals surface area (Å²) in [6, 6.07) is 1.71. The maximum Gasteiger partial charge on any atom is 0.341 e. The van der Waals surface area contributed by atoms with E-state index in [0.29, 0.717) is 17.0 Å². The summed E-state index contributed by atoms with van der Waals surface area (Å²) < 4.78 is 7.23. The van der Waals surface area contributed by atoms with Gasteiger partial charge in [0, 0.05) is 12.2 Å². The summed E-state index contributed by atoms with van der Waals surface area (Å²) in [6.07, 6.45) is 3.24. The Morgan fingerprint density at radius 3 is 2.79 bits per heavy atom. The Kier molecular flexibility index (Phi) is 3.50. The Balaban J connectivity index is 2.40. The van der Waals surface area contributed by atoms with Gasteiger partial charge in [0.2, 0.25) is 5.88 Å². The van der Waals surface area contributed by atoms with Crippen LogP contribution in [0.15, 0.2) is 18.5 Å². The summed E-state index contributed by atoms with van der Waals surface area (Å²) in [5.41, 5.74) is 1.41. The summed E-state index contributed by atoms with van der Waals surface area (Å²) in [5.74, 6) is -0.481. The lowest BCUT2D eigenvalue weighted by Gasteiger charge is -2.09. The van der Waals surface area contributed by atoms with Crippen molar-refractivity contribution in [1.29, 1.82) is 0 Å². The highest BCUT2D eigenvalue weighted by Crippen LogP contribution is 2.26. The van der Waals surface area contributed by atoms with Crippen LogP contribution in [0.4, 0.5) is 0 Å². The maximum absolute atomic E-state index is 11.3. The molecule has 0 bridgehead atoms. The molecule has 2 aromatic heterocycles. The molecule has 0 aromatic carbocycles. The van der Waals surface area contributed by atoms with Gasteiger partial charge in [0.25, 0.3) is 0 Å². The van der Waals surface area contributed by atoms with E-state index in [1.54, 1.807) is 30.8 Å². The predicted molar refractivity (Wildman–Crippen MR) is 68.6 cm³/mol. The number of aryl methyl sites for hydroxylation is 3. The fraction of sp³-hybridized carbons (Fsp3) is 0.308. The highest BCUT2D eigenvalue weighted by Gasteiger charge is 2.18. The molecule has 2 aromatic rings. The first-order valence-electron chi connectivity index (χ1n) is 5.93. The monoisotopic (exact) mass is 261 g/mol. The molecule has 0 saturated carbocycles. The van der Waals surface area contributed by atoms with Crippen LogP contribution in [0.25, 0.3) is 0 Å². The van der Waals surface area contributed by atoms with E-state index in [9.17, 15) is 9.90 Å². The zero-order valence-corrected chi connectivity index (χ0v) is 11.0. The smallest absolute Gasteiger partial charge is 0.341 e. The number of carboxylic acids is 1. The minimum Gasteiger partial charge on any atom is -0.477 e. The van der Waals surface area contributed by atoms with Gasteiger partial charge in [-0.3, -0.25) is 4.68 Å². The van der Waals surface area contributed by atoms with Gasteiger partial charge in [-0.1, -0.05) is 0 Å². The third kappa shape index (κ3) is 2.73. The van der Waals surface area contributed by atoms with Gasteiger partial charge in [-0.15, -0.1) is 0 Å². The number of aromatic carboxylic acids is 1. The minimum absolute atomic E-state index is 0.0786. The third-order valence-corrected chi connectivity index (χ3v) is 2.67.